The second-order valence-corrected chi connectivity index (χ2v) is 8.16. The van der Waals surface area contributed by atoms with Crippen molar-refractivity contribution in [2.24, 2.45) is 10.9 Å². The first kappa shape index (κ1) is 19.2. The van der Waals surface area contributed by atoms with Crippen LogP contribution in [-0.2, 0) is 0 Å². The average molecular weight is 406 g/mol. The van der Waals surface area contributed by atoms with E-state index in [0.29, 0.717) is 11.9 Å². The number of pyridine rings is 1. The second kappa shape index (κ2) is 8.45. The molecule has 1 aliphatic rings. The quantitative estimate of drug-likeness (QED) is 0.310. The number of guanidine groups is 1. The molecule has 1 unspecified atom stereocenters. The Morgan fingerprint density at radius 3 is 2.90 bits per heavy atom. The number of hydrogen-bond donors (Lipinski definition) is 1. The number of fused-ring (bicyclic) bond motifs is 1. The molecular formula is C21H23N7S. The number of aromatic nitrogens is 2. The molecule has 1 N–H and O–H groups in total. The van der Waals surface area contributed by atoms with Crippen LogP contribution in [0.5, 0.6) is 0 Å². The Balaban J connectivity index is 1.68. The summed E-state index contributed by atoms with van der Waals surface area (Å²) in [5.74, 6) is 0.971. The molecule has 0 aliphatic carbocycles. The minimum absolute atomic E-state index is 0.209. The molecule has 1 aromatic carbocycles. The molecule has 1 saturated heterocycles. The van der Waals surface area contributed by atoms with Crippen LogP contribution in [0, 0.1) is 17.4 Å². The molecule has 0 amide bonds. The Bertz CT molecular complexity index is 1030. The van der Waals surface area contributed by atoms with Crippen molar-refractivity contribution >= 4 is 39.0 Å². The van der Waals surface area contributed by atoms with Crippen molar-refractivity contribution in [1.82, 2.24) is 20.2 Å². The highest BCUT2D eigenvalue weighted by molar-refractivity contribution is 7.13. The zero-order valence-corrected chi connectivity index (χ0v) is 17.3. The highest BCUT2D eigenvalue weighted by Gasteiger charge is 2.32. The number of nitriles is 1. The Hall–Kier alpha value is -3.18. The van der Waals surface area contributed by atoms with Crippen molar-refractivity contribution < 1.29 is 0 Å². The van der Waals surface area contributed by atoms with Crippen LogP contribution in [0.1, 0.15) is 13.8 Å². The summed E-state index contributed by atoms with van der Waals surface area (Å²) in [6, 6.07) is 9.99. The van der Waals surface area contributed by atoms with E-state index in [1.165, 1.54) is 0 Å². The number of rotatable bonds is 3. The molecule has 1 fully saturated rings. The van der Waals surface area contributed by atoms with Crippen molar-refractivity contribution in [2.75, 3.05) is 24.5 Å². The molecule has 3 aromatic rings. The van der Waals surface area contributed by atoms with E-state index >= 15 is 0 Å². The molecule has 1 atom stereocenters. The molecule has 4 rings (SSSR count). The van der Waals surface area contributed by atoms with Gasteiger partial charge in [-0.15, -0.1) is 11.3 Å². The molecule has 148 valence electrons. The predicted octanol–water partition coefficient (Wildman–Crippen LogP) is 3.60. The van der Waals surface area contributed by atoms with Crippen molar-refractivity contribution in [2.45, 2.75) is 19.9 Å². The van der Waals surface area contributed by atoms with Crippen molar-refractivity contribution in [3.05, 3.63) is 48.1 Å². The predicted molar refractivity (Wildman–Crippen MR) is 117 cm³/mol. The topological polar surface area (TPSA) is 80.4 Å². The molecule has 8 heteroatoms. The van der Waals surface area contributed by atoms with E-state index < -0.39 is 0 Å². The van der Waals surface area contributed by atoms with E-state index in [9.17, 15) is 5.26 Å². The molecule has 1 aliphatic heterocycles. The zero-order valence-electron chi connectivity index (χ0n) is 16.5. The number of aliphatic imine (C=N–C) groups is 1. The van der Waals surface area contributed by atoms with Crippen LogP contribution in [0.3, 0.4) is 0 Å². The standard InChI is InChI=1S/C21H23N7S/c1-15(2)19-13-27(21-24-9-12-29-21)10-11-28(19)20(25-14-22)26-18-7-3-6-17-16(18)5-4-8-23-17/h3-9,12,15,19H,10-11,13H2,1-2H3,(H,25,26). The molecule has 2 aromatic heterocycles. The maximum atomic E-state index is 9.39. The third-order valence-electron chi connectivity index (χ3n) is 5.17. The van der Waals surface area contributed by atoms with E-state index in [2.05, 4.69) is 45.1 Å². The van der Waals surface area contributed by atoms with Crippen LogP contribution >= 0.6 is 11.3 Å². The summed E-state index contributed by atoms with van der Waals surface area (Å²) in [7, 11) is 0. The number of nitrogens with one attached hydrogen (secondary N) is 1. The van der Waals surface area contributed by atoms with Gasteiger partial charge < -0.3 is 9.80 Å². The first-order chi connectivity index (χ1) is 14.2. The fourth-order valence-electron chi connectivity index (χ4n) is 3.70. The van der Waals surface area contributed by atoms with Gasteiger partial charge in [-0.05, 0) is 30.2 Å². The van der Waals surface area contributed by atoms with Crippen molar-refractivity contribution in [3.8, 4) is 6.19 Å². The van der Waals surface area contributed by atoms with E-state index in [1.807, 2.05) is 41.9 Å². The van der Waals surface area contributed by atoms with Gasteiger partial charge >= 0.3 is 0 Å². The van der Waals surface area contributed by atoms with Gasteiger partial charge in [0.25, 0.3) is 0 Å². The van der Waals surface area contributed by atoms with Gasteiger partial charge in [0.05, 0.1) is 17.2 Å². The highest BCUT2D eigenvalue weighted by Crippen LogP contribution is 2.27. The number of benzene rings is 1. The fraction of sp³-hybridized carbons (Fsp3) is 0.333. The number of thiazole rings is 1. The molecule has 0 saturated carbocycles. The monoisotopic (exact) mass is 405 g/mol. The smallest absolute Gasteiger partial charge is 0.213 e. The van der Waals surface area contributed by atoms with E-state index in [4.69, 9.17) is 4.99 Å². The van der Waals surface area contributed by atoms with Crippen LogP contribution in [0.4, 0.5) is 10.8 Å². The van der Waals surface area contributed by atoms with E-state index in [1.54, 1.807) is 17.5 Å². The molecule has 29 heavy (non-hydrogen) atoms. The fourth-order valence-corrected chi connectivity index (χ4v) is 4.38. The molecule has 7 nitrogen and oxygen atoms in total. The summed E-state index contributed by atoms with van der Waals surface area (Å²) in [6.07, 6.45) is 5.69. The van der Waals surface area contributed by atoms with Crippen LogP contribution in [-0.4, -0.2) is 46.5 Å². The summed E-state index contributed by atoms with van der Waals surface area (Å²) in [5.41, 5.74) is 1.69. The van der Waals surface area contributed by atoms with Gasteiger partial charge in [-0.25, -0.2) is 9.98 Å². The lowest BCUT2D eigenvalue weighted by Crippen LogP contribution is -2.59. The van der Waals surface area contributed by atoms with Gasteiger partial charge in [0.15, 0.2) is 11.3 Å². The molecule has 0 bridgehead atoms. The minimum atomic E-state index is 0.209. The third-order valence-corrected chi connectivity index (χ3v) is 6.00. The lowest BCUT2D eigenvalue weighted by atomic mass is 10.00. The van der Waals surface area contributed by atoms with Gasteiger partial charge in [0.1, 0.15) is 0 Å². The first-order valence-electron chi connectivity index (χ1n) is 9.66. The number of anilines is 1. The Morgan fingerprint density at radius 1 is 1.24 bits per heavy atom. The van der Waals surface area contributed by atoms with Crippen LogP contribution in [0.15, 0.2) is 53.1 Å². The maximum absolute atomic E-state index is 9.39. The second-order valence-electron chi connectivity index (χ2n) is 7.28. The SMILES string of the molecule is CC(C)C1CN(c2nccs2)CCN1C(=Nc1cccc2ncccc12)NC#N. The number of hydrogen-bond acceptors (Lipinski definition) is 6. The number of piperazine rings is 1. The van der Waals surface area contributed by atoms with Crippen LogP contribution in [0.2, 0.25) is 0 Å². The van der Waals surface area contributed by atoms with E-state index in [0.717, 1.165) is 41.4 Å². The van der Waals surface area contributed by atoms with Gasteiger partial charge in [0.2, 0.25) is 5.96 Å². The van der Waals surface area contributed by atoms with Crippen LogP contribution < -0.4 is 10.2 Å². The van der Waals surface area contributed by atoms with Gasteiger partial charge in [-0.2, -0.15) is 5.26 Å². The molecule has 0 spiro atoms. The molecule has 3 heterocycles. The average Bonchev–Trinajstić information content (AvgIpc) is 3.28. The third kappa shape index (κ3) is 4.00. The lowest BCUT2D eigenvalue weighted by molar-refractivity contribution is 0.220. The van der Waals surface area contributed by atoms with Gasteiger partial charge in [-0.3, -0.25) is 10.3 Å². The van der Waals surface area contributed by atoms with Crippen molar-refractivity contribution in [3.63, 3.8) is 0 Å². The highest BCUT2D eigenvalue weighted by atomic mass is 32.1. The Labute approximate surface area is 174 Å². The molecular weight excluding hydrogens is 382 g/mol. The van der Waals surface area contributed by atoms with Gasteiger partial charge in [-0.1, -0.05) is 19.9 Å². The normalized spacial score (nSPS) is 17.6. The zero-order chi connectivity index (χ0) is 20.2. The number of nitrogens with zero attached hydrogens (tertiary/aromatic N) is 6. The first-order valence-corrected chi connectivity index (χ1v) is 10.5. The summed E-state index contributed by atoms with van der Waals surface area (Å²) in [5, 5.41) is 16.2. The Morgan fingerprint density at radius 2 is 2.14 bits per heavy atom. The van der Waals surface area contributed by atoms with Crippen molar-refractivity contribution in [1.29, 1.82) is 5.26 Å². The largest absolute Gasteiger partial charge is 0.344 e. The summed E-state index contributed by atoms with van der Waals surface area (Å²) in [6.45, 7) is 6.84. The molecule has 0 radical (unpaired) electrons. The van der Waals surface area contributed by atoms with Crippen LogP contribution in [0.25, 0.3) is 10.9 Å². The maximum Gasteiger partial charge on any atom is 0.213 e. The Kier molecular flexibility index (Phi) is 5.58. The lowest BCUT2D eigenvalue weighted by Gasteiger charge is -2.44. The minimum Gasteiger partial charge on any atom is -0.344 e. The summed E-state index contributed by atoms with van der Waals surface area (Å²) < 4.78 is 0. The summed E-state index contributed by atoms with van der Waals surface area (Å²) >= 11 is 1.66. The van der Waals surface area contributed by atoms with E-state index in [-0.39, 0.29) is 6.04 Å². The summed E-state index contributed by atoms with van der Waals surface area (Å²) in [4.78, 5) is 18.3. The van der Waals surface area contributed by atoms with Gasteiger partial charge in [0, 0.05) is 42.8 Å².